The largest absolute Gasteiger partial charge is 0.0925 e. The van der Waals surface area contributed by atoms with Crippen molar-refractivity contribution in [3.63, 3.8) is 0 Å². The predicted molar refractivity (Wildman–Crippen MR) is 47.0 cm³/mol. The van der Waals surface area contributed by atoms with Gasteiger partial charge < -0.3 is 0 Å². The van der Waals surface area contributed by atoms with Crippen molar-refractivity contribution in [3.8, 4) is 0 Å². The molecule has 0 aliphatic rings. The normalized spacial score (nSPS) is 13.0. The Morgan fingerprint density at radius 2 is 2.22 bits per heavy atom. The highest BCUT2D eigenvalue weighted by atomic mass is 79.9. The molecule has 0 saturated carbocycles. The standard InChI is InChI=1S/C8H13Br/c1-3-5-8(2)6-4-7-9/h3,5-6H,4,7H2,1-2H3. The van der Waals surface area contributed by atoms with Gasteiger partial charge in [-0.1, -0.05) is 39.7 Å². The van der Waals surface area contributed by atoms with Gasteiger partial charge in [0.25, 0.3) is 0 Å². The van der Waals surface area contributed by atoms with E-state index in [2.05, 4.69) is 41.1 Å². The van der Waals surface area contributed by atoms with E-state index >= 15 is 0 Å². The summed E-state index contributed by atoms with van der Waals surface area (Å²) in [4.78, 5) is 0. The van der Waals surface area contributed by atoms with Crippen LogP contribution in [0.3, 0.4) is 0 Å². The zero-order valence-corrected chi connectivity index (χ0v) is 7.61. The molecule has 1 heteroatoms. The molecule has 0 atom stereocenters. The summed E-state index contributed by atoms with van der Waals surface area (Å²) in [5, 5.41) is 1.06. The van der Waals surface area contributed by atoms with Crippen LogP contribution in [0.25, 0.3) is 0 Å². The monoisotopic (exact) mass is 188 g/mol. The highest BCUT2D eigenvalue weighted by Gasteiger charge is 1.78. The van der Waals surface area contributed by atoms with E-state index in [1.807, 2.05) is 6.92 Å². The minimum atomic E-state index is 1.06. The number of halogens is 1. The summed E-state index contributed by atoms with van der Waals surface area (Å²) in [6, 6.07) is 0. The Hall–Kier alpha value is -0.0400. The zero-order valence-electron chi connectivity index (χ0n) is 6.02. The Morgan fingerprint density at radius 1 is 1.56 bits per heavy atom. The van der Waals surface area contributed by atoms with Crippen LogP contribution in [0.2, 0.25) is 0 Å². The smallest absolute Gasteiger partial charge is 0.00661 e. The molecular formula is C8H13Br. The van der Waals surface area contributed by atoms with Crippen LogP contribution in [0, 0.1) is 0 Å². The van der Waals surface area contributed by atoms with Gasteiger partial charge in [-0.25, -0.2) is 0 Å². The van der Waals surface area contributed by atoms with E-state index in [1.54, 1.807) is 0 Å². The minimum Gasteiger partial charge on any atom is -0.0925 e. The summed E-state index contributed by atoms with van der Waals surface area (Å²) >= 11 is 3.36. The molecule has 0 N–H and O–H groups in total. The third-order valence-electron chi connectivity index (χ3n) is 1.00. The molecule has 0 rings (SSSR count). The second-order valence-electron chi connectivity index (χ2n) is 1.93. The van der Waals surface area contributed by atoms with E-state index in [0.29, 0.717) is 0 Å². The van der Waals surface area contributed by atoms with Gasteiger partial charge in [0.05, 0.1) is 0 Å². The molecule has 0 nitrogen and oxygen atoms in total. The van der Waals surface area contributed by atoms with Gasteiger partial charge in [-0.2, -0.15) is 0 Å². The molecule has 0 aliphatic heterocycles. The molecule has 0 amide bonds. The lowest BCUT2D eigenvalue weighted by Crippen LogP contribution is -1.70. The third kappa shape index (κ3) is 5.84. The van der Waals surface area contributed by atoms with Crippen molar-refractivity contribution < 1.29 is 0 Å². The maximum Gasteiger partial charge on any atom is 0.00661 e. The van der Waals surface area contributed by atoms with Gasteiger partial charge in [0.2, 0.25) is 0 Å². The number of allylic oxidation sites excluding steroid dienone is 4. The van der Waals surface area contributed by atoms with E-state index in [4.69, 9.17) is 0 Å². The molecule has 0 aliphatic carbocycles. The topological polar surface area (TPSA) is 0 Å². The molecule has 0 saturated heterocycles. The van der Waals surface area contributed by atoms with Gasteiger partial charge in [0.15, 0.2) is 0 Å². The first-order valence-corrected chi connectivity index (χ1v) is 4.29. The van der Waals surface area contributed by atoms with Crippen molar-refractivity contribution in [1.82, 2.24) is 0 Å². The fourth-order valence-electron chi connectivity index (χ4n) is 0.613. The quantitative estimate of drug-likeness (QED) is 0.472. The molecule has 0 bridgehead atoms. The van der Waals surface area contributed by atoms with Gasteiger partial charge >= 0.3 is 0 Å². The maximum absolute atomic E-state index is 3.36. The summed E-state index contributed by atoms with van der Waals surface area (Å²) in [6.07, 6.45) is 7.51. The SMILES string of the molecule is CC=CC(C)=CCCBr. The summed E-state index contributed by atoms with van der Waals surface area (Å²) < 4.78 is 0. The first-order valence-electron chi connectivity index (χ1n) is 3.16. The van der Waals surface area contributed by atoms with Gasteiger partial charge in [0.1, 0.15) is 0 Å². The summed E-state index contributed by atoms with van der Waals surface area (Å²) in [5.41, 5.74) is 1.34. The van der Waals surface area contributed by atoms with Crippen LogP contribution in [0.4, 0.5) is 0 Å². The predicted octanol–water partition coefficient (Wildman–Crippen LogP) is 3.29. The first-order chi connectivity index (χ1) is 4.31. The van der Waals surface area contributed by atoms with Crippen molar-refractivity contribution in [2.75, 3.05) is 5.33 Å². The molecule has 0 unspecified atom stereocenters. The van der Waals surface area contributed by atoms with Gasteiger partial charge in [-0.05, 0) is 20.3 Å². The molecule has 0 aromatic rings. The van der Waals surface area contributed by atoms with Crippen molar-refractivity contribution in [2.45, 2.75) is 20.3 Å². The van der Waals surface area contributed by atoms with E-state index in [9.17, 15) is 0 Å². The second kappa shape index (κ2) is 6.09. The summed E-state index contributed by atoms with van der Waals surface area (Å²) in [6.45, 7) is 4.15. The Morgan fingerprint density at radius 3 is 2.67 bits per heavy atom. The minimum absolute atomic E-state index is 1.06. The molecule has 9 heavy (non-hydrogen) atoms. The average molecular weight is 189 g/mol. The van der Waals surface area contributed by atoms with Crippen molar-refractivity contribution in [1.29, 1.82) is 0 Å². The molecule has 0 heterocycles. The molecular weight excluding hydrogens is 176 g/mol. The van der Waals surface area contributed by atoms with Crippen molar-refractivity contribution in [3.05, 3.63) is 23.8 Å². The Labute approximate surface area is 65.8 Å². The van der Waals surface area contributed by atoms with E-state index < -0.39 is 0 Å². The van der Waals surface area contributed by atoms with Crippen molar-refractivity contribution in [2.24, 2.45) is 0 Å². The lowest BCUT2D eigenvalue weighted by molar-refractivity contribution is 1.23. The fraction of sp³-hybridized carbons (Fsp3) is 0.500. The second-order valence-corrected chi connectivity index (χ2v) is 2.72. The average Bonchev–Trinajstić information content (AvgIpc) is 1.85. The molecule has 0 aromatic carbocycles. The van der Waals surface area contributed by atoms with Gasteiger partial charge in [0, 0.05) is 5.33 Å². The molecule has 0 aromatic heterocycles. The molecule has 0 radical (unpaired) electrons. The van der Waals surface area contributed by atoms with Crippen LogP contribution >= 0.6 is 15.9 Å². The van der Waals surface area contributed by atoms with Gasteiger partial charge in [-0.15, -0.1) is 0 Å². The van der Waals surface area contributed by atoms with Crippen LogP contribution in [0.1, 0.15) is 20.3 Å². The number of hydrogen-bond donors (Lipinski definition) is 0. The molecule has 52 valence electrons. The zero-order chi connectivity index (χ0) is 7.11. The van der Waals surface area contributed by atoms with Gasteiger partial charge in [-0.3, -0.25) is 0 Å². The Bertz CT molecular complexity index is 112. The van der Waals surface area contributed by atoms with E-state index in [0.717, 1.165) is 11.8 Å². The van der Waals surface area contributed by atoms with Crippen LogP contribution in [-0.4, -0.2) is 5.33 Å². The van der Waals surface area contributed by atoms with Crippen LogP contribution in [0.5, 0.6) is 0 Å². The lowest BCUT2D eigenvalue weighted by atomic mass is 10.2. The highest BCUT2D eigenvalue weighted by Crippen LogP contribution is 1.98. The van der Waals surface area contributed by atoms with Crippen LogP contribution < -0.4 is 0 Å². The fourth-order valence-corrected chi connectivity index (χ4v) is 0.842. The highest BCUT2D eigenvalue weighted by molar-refractivity contribution is 9.09. The number of alkyl halides is 1. The maximum atomic E-state index is 3.36. The molecule has 0 spiro atoms. The summed E-state index contributed by atoms with van der Waals surface area (Å²) in [5.74, 6) is 0. The van der Waals surface area contributed by atoms with E-state index in [1.165, 1.54) is 5.57 Å². The van der Waals surface area contributed by atoms with E-state index in [-0.39, 0.29) is 0 Å². The van der Waals surface area contributed by atoms with Crippen molar-refractivity contribution >= 4 is 15.9 Å². The first kappa shape index (κ1) is 8.96. The summed E-state index contributed by atoms with van der Waals surface area (Å²) in [7, 11) is 0. The Balaban J connectivity index is 3.55. The van der Waals surface area contributed by atoms with Crippen LogP contribution in [0.15, 0.2) is 23.8 Å². The lowest BCUT2D eigenvalue weighted by Gasteiger charge is -1.88. The number of hydrogen-bond acceptors (Lipinski definition) is 0. The van der Waals surface area contributed by atoms with Crippen LogP contribution in [-0.2, 0) is 0 Å². The number of rotatable bonds is 3. The third-order valence-corrected chi connectivity index (χ3v) is 1.46. The Kier molecular flexibility index (Phi) is 6.06. The molecule has 0 fully saturated rings.